The van der Waals surface area contributed by atoms with Gasteiger partial charge >= 0.3 is 0 Å². The lowest BCUT2D eigenvalue weighted by Gasteiger charge is -2.34. The molecule has 1 atom stereocenters. The molecule has 3 nitrogen and oxygen atoms in total. The Balaban J connectivity index is 1.06. The van der Waals surface area contributed by atoms with Crippen LogP contribution in [0.15, 0.2) is 206 Å². The third-order valence-electron chi connectivity index (χ3n) is 11.1. The molecule has 0 N–H and O–H groups in total. The Bertz CT molecular complexity index is 2790. The lowest BCUT2D eigenvalue weighted by Crippen LogP contribution is -2.28. The first-order valence-electron chi connectivity index (χ1n) is 19.1. The zero-order valence-corrected chi connectivity index (χ0v) is 31.0. The molecule has 1 heterocycles. The van der Waals surface area contributed by atoms with Crippen LogP contribution < -0.4 is 0 Å². The highest BCUT2D eigenvalue weighted by molar-refractivity contribution is 5.89. The average molecular weight is 716 g/mol. The van der Waals surface area contributed by atoms with Crippen molar-refractivity contribution in [2.45, 2.75) is 12.3 Å². The van der Waals surface area contributed by atoms with Crippen LogP contribution in [0, 0.1) is 6.92 Å². The van der Waals surface area contributed by atoms with Crippen LogP contribution in [0.25, 0.3) is 67.5 Å². The van der Waals surface area contributed by atoms with Gasteiger partial charge in [0, 0.05) is 16.7 Å². The van der Waals surface area contributed by atoms with Crippen molar-refractivity contribution in [2.75, 3.05) is 0 Å². The van der Waals surface area contributed by atoms with Crippen molar-refractivity contribution in [1.29, 1.82) is 0 Å². The molecule has 1 aliphatic carbocycles. The van der Waals surface area contributed by atoms with E-state index in [9.17, 15) is 0 Å². The van der Waals surface area contributed by atoms with Crippen LogP contribution in [0.2, 0.25) is 0 Å². The van der Waals surface area contributed by atoms with Gasteiger partial charge in [0.15, 0.2) is 17.5 Å². The summed E-state index contributed by atoms with van der Waals surface area (Å²) >= 11 is 0. The van der Waals surface area contributed by atoms with E-state index in [1.807, 2.05) is 60.7 Å². The molecular weight excluding hydrogens is 679 g/mol. The highest BCUT2D eigenvalue weighted by Crippen LogP contribution is 2.56. The Kier molecular flexibility index (Phi) is 8.26. The molecule has 0 saturated heterocycles. The first kappa shape index (κ1) is 33.3. The summed E-state index contributed by atoms with van der Waals surface area (Å²) in [4.78, 5) is 14.9. The summed E-state index contributed by atoms with van der Waals surface area (Å²) in [6.07, 6.45) is 0. The van der Waals surface area contributed by atoms with Gasteiger partial charge in [0.1, 0.15) is 0 Å². The monoisotopic (exact) mass is 715 g/mol. The molecule has 0 fully saturated rings. The SMILES string of the molecule is Cc1ccc(C2(c3ccccc3)c3ccccc3-c3cc(-c4cccc(-c5cccc(-c6nc(-c7ccccc7)nc(-c7ccccc7)n6)c5)c4)ccc32)cc1. The second-order valence-electron chi connectivity index (χ2n) is 14.5. The van der Waals surface area contributed by atoms with Crippen LogP contribution in [-0.2, 0) is 5.41 Å². The Morgan fingerprint density at radius 2 is 0.732 bits per heavy atom. The van der Waals surface area contributed by atoms with Crippen LogP contribution in [-0.4, -0.2) is 15.0 Å². The van der Waals surface area contributed by atoms with Gasteiger partial charge in [-0.3, -0.25) is 0 Å². The largest absolute Gasteiger partial charge is 0.208 e. The molecule has 1 aromatic heterocycles. The number of nitrogens with zero attached hydrogens (tertiary/aromatic N) is 3. The number of hydrogen-bond donors (Lipinski definition) is 0. The summed E-state index contributed by atoms with van der Waals surface area (Å²) in [5.74, 6) is 1.95. The Labute approximate surface area is 327 Å². The van der Waals surface area contributed by atoms with E-state index < -0.39 is 5.41 Å². The molecule has 0 amide bonds. The normalized spacial score (nSPS) is 14.2. The summed E-state index contributed by atoms with van der Waals surface area (Å²) in [5, 5.41) is 0. The van der Waals surface area contributed by atoms with Crippen LogP contribution in [0.1, 0.15) is 27.8 Å². The minimum absolute atomic E-state index is 0.419. The summed E-state index contributed by atoms with van der Waals surface area (Å²) in [5.41, 5.74) is 16.0. The number of hydrogen-bond acceptors (Lipinski definition) is 3. The fourth-order valence-electron chi connectivity index (χ4n) is 8.40. The fraction of sp³-hybridized carbons (Fsp3) is 0.0377. The van der Waals surface area contributed by atoms with Crippen molar-refractivity contribution in [1.82, 2.24) is 15.0 Å². The smallest absolute Gasteiger partial charge is 0.164 e. The minimum atomic E-state index is -0.419. The van der Waals surface area contributed by atoms with Gasteiger partial charge in [0.25, 0.3) is 0 Å². The molecule has 56 heavy (non-hydrogen) atoms. The fourth-order valence-corrected chi connectivity index (χ4v) is 8.40. The predicted molar refractivity (Wildman–Crippen MR) is 229 cm³/mol. The van der Waals surface area contributed by atoms with Gasteiger partial charge in [-0.15, -0.1) is 0 Å². The van der Waals surface area contributed by atoms with Crippen molar-refractivity contribution in [3.05, 3.63) is 234 Å². The molecule has 9 aromatic rings. The lowest BCUT2D eigenvalue weighted by atomic mass is 9.67. The first-order chi connectivity index (χ1) is 27.6. The van der Waals surface area contributed by atoms with Gasteiger partial charge in [-0.25, -0.2) is 15.0 Å². The summed E-state index contributed by atoms with van der Waals surface area (Å²) in [7, 11) is 0. The van der Waals surface area contributed by atoms with Gasteiger partial charge in [-0.2, -0.15) is 0 Å². The molecule has 264 valence electrons. The van der Waals surface area contributed by atoms with Crippen molar-refractivity contribution in [3.63, 3.8) is 0 Å². The molecule has 0 bridgehead atoms. The van der Waals surface area contributed by atoms with Crippen molar-refractivity contribution >= 4 is 0 Å². The quantitative estimate of drug-likeness (QED) is 0.165. The van der Waals surface area contributed by atoms with E-state index in [1.54, 1.807) is 0 Å². The predicted octanol–water partition coefficient (Wildman–Crippen LogP) is 12.9. The van der Waals surface area contributed by atoms with Crippen molar-refractivity contribution < 1.29 is 0 Å². The maximum atomic E-state index is 4.99. The van der Waals surface area contributed by atoms with E-state index in [-0.39, 0.29) is 0 Å². The van der Waals surface area contributed by atoms with Crippen molar-refractivity contribution in [3.8, 4) is 67.5 Å². The second kappa shape index (κ2) is 13.9. The second-order valence-corrected chi connectivity index (χ2v) is 14.5. The Hall–Kier alpha value is -7.23. The van der Waals surface area contributed by atoms with E-state index >= 15 is 0 Å². The van der Waals surface area contributed by atoms with E-state index in [0.717, 1.165) is 27.8 Å². The van der Waals surface area contributed by atoms with E-state index in [1.165, 1.54) is 50.1 Å². The summed E-state index contributed by atoms with van der Waals surface area (Å²) < 4.78 is 0. The summed E-state index contributed by atoms with van der Waals surface area (Å²) in [6.45, 7) is 2.16. The van der Waals surface area contributed by atoms with Gasteiger partial charge in [0.05, 0.1) is 5.41 Å². The molecule has 0 saturated carbocycles. The number of fused-ring (bicyclic) bond motifs is 3. The topological polar surface area (TPSA) is 38.7 Å². The van der Waals surface area contributed by atoms with E-state index in [4.69, 9.17) is 15.0 Å². The van der Waals surface area contributed by atoms with E-state index in [2.05, 4.69) is 153 Å². The lowest BCUT2D eigenvalue weighted by molar-refractivity contribution is 0.768. The van der Waals surface area contributed by atoms with Gasteiger partial charge in [-0.05, 0) is 80.8 Å². The van der Waals surface area contributed by atoms with Gasteiger partial charge in [-0.1, -0.05) is 194 Å². The molecule has 0 spiro atoms. The average Bonchev–Trinajstić information content (AvgIpc) is 3.58. The minimum Gasteiger partial charge on any atom is -0.208 e. The number of aromatic nitrogens is 3. The van der Waals surface area contributed by atoms with Crippen molar-refractivity contribution in [2.24, 2.45) is 0 Å². The molecule has 8 aromatic carbocycles. The number of aryl methyl sites for hydroxylation is 1. The number of rotatable bonds is 7. The molecule has 3 heteroatoms. The van der Waals surface area contributed by atoms with Crippen LogP contribution in [0.4, 0.5) is 0 Å². The van der Waals surface area contributed by atoms with E-state index in [0.29, 0.717) is 17.5 Å². The standard InChI is InChI=1S/C53H37N3/c1-36-27-30-45(31-28-36)53(44-23-9-4-10-24-44)48-26-12-11-25-46(48)47-35-42(29-32-49(47)53)40-20-13-19-39(33-40)41-21-14-22-43(34-41)52-55-50(37-15-5-2-6-16-37)54-51(56-52)38-17-7-3-8-18-38/h2-35H,1H3. The molecule has 1 aliphatic rings. The third kappa shape index (κ3) is 5.73. The third-order valence-corrected chi connectivity index (χ3v) is 11.1. The molecule has 0 radical (unpaired) electrons. The zero-order chi connectivity index (χ0) is 37.5. The zero-order valence-electron chi connectivity index (χ0n) is 31.0. The molecule has 10 rings (SSSR count). The molecule has 0 aliphatic heterocycles. The molecular formula is C53H37N3. The first-order valence-corrected chi connectivity index (χ1v) is 19.1. The highest BCUT2D eigenvalue weighted by atomic mass is 15.0. The van der Waals surface area contributed by atoms with Gasteiger partial charge in [0.2, 0.25) is 0 Å². The van der Waals surface area contributed by atoms with Crippen LogP contribution >= 0.6 is 0 Å². The highest BCUT2D eigenvalue weighted by Gasteiger charge is 2.46. The summed E-state index contributed by atoms with van der Waals surface area (Å²) in [6, 6.07) is 73.6. The Morgan fingerprint density at radius 3 is 1.34 bits per heavy atom. The van der Waals surface area contributed by atoms with Crippen LogP contribution in [0.5, 0.6) is 0 Å². The number of benzene rings is 8. The Morgan fingerprint density at radius 1 is 0.304 bits per heavy atom. The maximum Gasteiger partial charge on any atom is 0.164 e. The maximum absolute atomic E-state index is 4.99. The van der Waals surface area contributed by atoms with Crippen LogP contribution in [0.3, 0.4) is 0 Å². The van der Waals surface area contributed by atoms with Gasteiger partial charge < -0.3 is 0 Å². The molecule has 1 unspecified atom stereocenters.